The molecule has 2 heterocycles. The second-order valence-electron chi connectivity index (χ2n) is 6.92. The fourth-order valence-corrected chi connectivity index (χ4v) is 4.04. The predicted molar refractivity (Wildman–Crippen MR) is 86.4 cm³/mol. The molecule has 1 atom stereocenters. The summed E-state index contributed by atoms with van der Waals surface area (Å²) in [6.07, 6.45) is 5.21. The molecule has 2 nitrogen and oxygen atoms in total. The molecule has 1 unspecified atom stereocenters. The first kappa shape index (κ1) is 13.9. The van der Waals surface area contributed by atoms with E-state index in [2.05, 4.69) is 48.3 Å². The Morgan fingerprint density at radius 3 is 2.75 bits per heavy atom. The molecule has 0 aromatic heterocycles. The van der Waals surface area contributed by atoms with Gasteiger partial charge in [0.25, 0.3) is 0 Å². The van der Waals surface area contributed by atoms with E-state index in [0.29, 0.717) is 5.41 Å². The van der Waals surface area contributed by atoms with E-state index in [0.717, 1.165) is 5.92 Å². The van der Waals surface area contributed by atoms with E-state index in [1.54, 1.807) is 5.56 Å². The lowest BCUT2D eigenvalue weighted by Crippen LogP contribution is -2.47. The summed E-state index contributed by atoms with van der Waals surface area (Å²) < 4.78 is 0. The van der Waals surface area contributed by atoms with Gasteiger partial charge in [0.15, 0.2) is 0 Å². The zero-order valence-electron chi connectivity index (χ0n) is 13.0. The number of piperidine rings is 1. The number of hydrogen-bond acceptors (Lipinski definition) is 2. The molecular weight excluding hydrogens is 244 g/mol. The Morgan fingerprint density at radius 2 is 2.00 bits per heavy atom. The summed E-state index contributed by atoms with van der Waals surface area (Å²) >= 11 is 0. The van der Waals surface area contributed by atoms with Crippen molar-refractivity contribution in [2.75, 3.05) is 31.1 Å². The average Bonchev–Trinajstić information content (AvgIpc) is 2.48. The van der Waals surface area contributed by atoms with Crippen molar-refractivity contribution in [3.8, 4) is 0 Å². The third kappa shape index (κ3) is 2.71. The third-order valence-electron chi connectivity index (χ3n) is 5.37. The van der Waals surface area contributed by atoms with E-state index in [9.17, 15) is 0 Å². The molecule has 0 bridgehead atoms. The Kier molecular flexibility index (Phi) is 4.02. The zero-order chi connectivity index (χ0) is 14.0. The van der Waals surface area contributed by atoms with Gasteiger partial charge in [0, 0.05) is 18.8 Å². The number of nitrogens with one attached hydrogen (secondary N) is 1. The number of fused-ring (bicyclic) bond motifs is 1. The number of nitrogens with zero attached hydrogens (tertiary/aromatic N) is 1. The molecule has 2 heteroatoms. The minimum Gasteiger partial charge on any atom is -0.370 e. The van der Waals surface area contributed by atoms with E-state index < -0.39 is 0 Å². The Morgan fingerprint density at radius 1 is 1.25 bits per heavy atom. The molecule has 3 rings (SSSR count). The minimum atomic E-state index is 0.523. The van der Waals surface area contributed by atoms with Crippen LogP contribution < -0.4 is 10.2 Å². The summed E-state index contributed by atoms with van der Waals surface area (Å²) in [5.74, 6) is 0.778. The molecule has 2 aliphatic rings. The number of anilines is 1. The van der Waals surface area contributed by atoms with Crippen LogP contribution in [0.5, 0.6) is 0 Å². The molecule has 1 fully saturated rings. The fourth-order valence-electron chi connectivity index (χ4n) is 4.04. The molecule has 0 spiro atoms. The van der Waals surface area contributed by atoms with E-state index >= 15 is 0 Å². The molecule has 1 aromatic rings. The lowest BCUT2D eigenvalue weighted by Gasteiger charge is -2.44. The molecule has 0 aliphatic carbocycles. The Balaban J connectivity index is 1.83. The highest BCUT2D eigenvalue weighted by atomic mass is 15.2. The van der Waals surface area contributed by atoms with Crippen molar-refractivity contribution < 1.29 is 0 Å². The van der Waals surface area contributed by atoms with Crippen LogP contribution in [0.2, 0.25) is 0 Å². The largest absolute Gasteiger partial charge is 0.370 e. The molecule has 110 valence electrons. The molecule has 20 heavy (non-hydrogen) atoms. The maximum Gasteiger partial charge on any atom is 0.0399 e. The topological polar surface area (TPSA) is 15.3 Å². The van der Waals surface area contributed by atoms with E-state index in [4.69, 9.17) is 0 Å². The highest BCUT2D eigenvalue weighted by Crippen LogP contribution is 2.37. The third-order valence-corrected chi connectivity index (χ3v) is 5.37. The van der Waals surface area contributed by atoms with Crippen molar-refractivity contribution in [2.24, 2.45) is 11.3 Å². The first-order chi connectivity index (χ1) is 9.72. The molecular formula is C18H28N2. The van der Waals surface area contributed by atoms with Gasteiger partial charge in [-0.05, 0) is 61.7 Å². The number of hydrogen-bond donors (Lipinski definition) is 1. The predicted octanol–water partition coefficient (Wildman–Crippen LogP) is 3.47. The van der Waals surface area contributed by atoms with Gasteiger partial charge < -0.3 is 10.2 Å². The van der Waals surface area contributed by atoms with Crippen molar-refractivity contribution in [3.05, 3.63) is 29.8 Å². The van der Waals surface area contributed by atoms with Crippen LogP contribution in [0.25, 0.3) is 0 Å². The normalized spacial score (nSPS) is 25.3. The molecule has 1 N–H and O–H groups in total. The number of benzene rings is 1. The molecule has 1 saturated heterocycles. The summed E-state index contributed by atoms with van der Waals surface area (Å²) in [5.41, 5.74) is 3.57. The molecule has 0 radical (unpaired) electrons. The summed E-state index contributed by atoms with van der Waals surface area (Å²) in [6.45, 7) is 9.63. The quantitative estimate of drug-likeness (QED) is 0.906. The standard InChI is InChI=1S/C18H28N2/c1-3-18(8-10-19-11-9-18)14-20-13-15(2)12-16-6-4-5-7-17(16)20/h4-7,15,19H,3,8-14H2,1-2H3. The second-order valence-corrected chi connectivity index (χ2v) is 6.92. The van der Waals surface area contributed by atoms with Crippen LogP contribution in [0.1, 0.15) is 38.7 Å². The van der Waals surface area contributed by atoms with Crippen molar-refractivity contribution in [2.45, 2.75) is 39.5 Å². The van der Waals surface area contributed by atoms with E-state index in [1.165, 1.54) is 57.5 Å². The van der Waals surface area contributed by atoms with Gasteiger partial charge >= 0.3 is 0 Å². The van der Waals surface area contributed by atoms with Crippen LogP contribution in [0.4, 0.5) is 5.69 Å². The molecule has 1 aromatic carbocycles. The average molecular weight is 272 g/mol. The van der Waals surface area contributed by atoms with Gasteiger partial charge in [0.05, 0.1) is 0 Å². The zero-order valence-corrected chi connectivity index (χ0v) is 13.0. The van der Waals surface area contributed by atoms with Gasteiger partial charge in [-0.15, -0.1) is 0 Å². The highest BCUT2D eigenvalue weighted by Gasteiger charge is 2.34. The van der Waals surface area contributed by atoms with Gasteiger partial charge in [-0.3, -0.25) is 0 Å². The molecule has 2 aliphatic heterocycles. The first-order valence-corrected chi connectivity index (χ1v) is 8.26. The first-order valence-electron chi connectivity index (χ1n) is 8.26. The number of rotatable bonds is 3. The Bertz CT molecular complexity index is 448. The van der Waals surface area contributed by atoms with Crippen LogP contribution in [-0.2, 0) is 6.42 Å². The molecule has 0 saturated carbocycles. The van der Waals surface area contributed by atoms with Gasteiger partial charge in [0.2, 0.25) is 0 Å². The van der Waals surface area contributed by atoms with Crippen LogP contribution in [0.3, 0.4) is 0 Å². The second kappa shape index (κ2) is 5.77. The SMILES string of the molecule is CCC1(CN2CC(C)Cc3ccccc32)CCNCC1. The van der Waals surface area contributed by atoms with Gasteiger partial charge in [-0.25, -0.2) is 0 Å². The van der Waals surface area contributed by atoms with E-state index in [1.807, 2.05) is 0 Å². The highest BCUT2D eigenvalue weighted by molar-refractivity contribution is 5.56. The van der Waals surface area contributed by atoms with Gasteiger partial charge in [0.1, 0.15) is 0 Å². The fraction of sp³-hybridized carbons (Fsp3) is 0.667. The smallest absolute Gasteiger partial charge is 0.0399 e. The van der Waals surface area contributed by atoms with E-state index in [-0.39, 0.29) is 0 Å². The van der Waals surface area contributed by atoms with Crippen LogP contribution >= 0.6 is 0 Å². The van der Waals surface area contributed by atoms with Crippen molar-refractivity contribution in [1.82, 2.24) is 5.32 Å². The van der Waals surface area contributed by atoms with Crippen molar-refractivity contribution in [1.29, 1.82) is 0 Å². The van der Waals surface area contributed by atoms with Gasteiger partial charge in [-0.2, -0.15) is 0 Å². The number of para-hydroxylation sites is 1. The van der Waals surface area contributed by atoms with Crippen LogP contribution in [0.15, 0.2) is 24.3 Å². The Hall–Kier alpha value is -1.02. The Labute approximate surface area is 123 Å². The summed E-state index contributed by atoms with van der Waals surface area (Å²) in [4.78, 5) is 2.68. The summed E-state index contributed by atoms with van der Waals surface area (Å²) in [7, 11) is 0. The maximum atomic E-state index is 3.52. The maximum absolute atomic E-state index is 3.52. The lowest BCUT2D eigenvalue weighted by molar-refractivity contribution is 0.195. The molecule has 0 amide bonds. The summed E-state index contributed by atoms with van der Waals surface area (Å²) in [5, 5.41) is 3.52. The summed E-state index contributed by atoms with van der Waals surface area (Å²) in [6, 6.07) is 9.03. The van der Waals surface area contributed by atoms with Gasteiger partial charge in [-0.1, -0.05) is 32.0 Å². The minimum absolute atomic E-state index is 0.523. The van der Waals surface area contributed by atoms with Crippen molar-refractivity contribution in [3.63, 3.8) is 0 Å². The van der Waals surface area contributed by atoms with Crippen LogP contribution in [-0.4, -0.2) is 26.2 Å². The van der Waals surface area contributed by atoms with Crippen molar-refractivity contribution >= 4 is 5.69 Å². The van der Waals surface area contributed by atoms with Crippen LogP contribution in [0, 0.1) is 11.3 Å². The lowest BCUT2D eigenvalue weighted by atomic mass is 9.75. The monoisotopic (exact) mass is 272 g/mol.